The molecule has 0 saturated carbocycles. The number of carbonyl (C=O) groups is 3. The average Bonchev–Trinajstić information content (AvgIpc) is 3.52. The fourth-order valence-corrected chi connectivity index (χ4v) is 4.79. The summed E-state index contributed by atoms with van der Waals surface area (Å²) in [6.45, 7) is 3.97. The Morgan fingerprint density at radius 1 is 1.19 bits per heavy atom. The molecule has 1 saturated heterocycles. The first-order chi connectivity index (χ1) is 17.7. The summed E-state index contributed by atoms with van der Waals surface area (Å²) in [5.41, 5.74) is 1.30. The molecule has 0 bridgehead atoms. The van der Waals surface area contributed by atoms with Crippen LogP contribution in [0.4, 0.5) is 10.1 Å². The van der Waals surface area contributed by atoms with E-state index >= 15 is 0 Å². The van der Waals surface area contributed by atoms with E-state index in [1.54, 1.807) is 24.3 Å². The van der Waals surface area contributed by atoms with Gasteiger partial charge in [-0.15, -0.1) is 0 Å². The van der Waals surface area contributed by atoms with E-state index in [4.69, 9.17) is 0 Å². The largest absolute Gasteiger partial charge is 0.350 e. The summed E-state index contributed by atoms with van der Waals surface area (Å²) in [6, 6.07) is 15.5. The Kier molecular flexibility index (Phi) is 7.58. The number of aromatic nitrogens is 1. The summed E-state index contributed by atoms with van der Waals surface area (Å²) in [4.78, 5) is 45.7. The first-order valence-electron chi connectivity index (χ1n) is 12.3. The fraction of sp³-hybridized carbons (Fsp3) is 0.357. The lowest BCUT2D eigenvalue weighted by Gasteiger charge is -2.32. The molecule has 2 N–H and O–H groups in total. The Balaban J connectivity index is 1.54. The summed E-state index contributed by atoms with van der Waals surface area (Å²) in [6.07, 6.45) is 0.583. The highest BCUT2D eigenvalue weighted by atomic mass is 19.1. The molecule has 3 unspecified atom stereocenters. The number of fused-ring (bicyclic) bond motifs is 1. The van der Waals surface area contributed by atoms with Crippen molar-refractivity contribution in [3.05, 3.63) is 66.1 Å². The molecule has 3 atom stereocenters. The van der Waals surface area contributed by atoms with Crippen LogP contribution in [0.5, 0.6) is 0 Å². The molecule has 3 aromatic rings. The lowest BCUT2D eigenvalue weighted by molar-refractivity contribution is -0.136. The standard InChI is InChI=1S/C28H30FN5O3/c1-17(2)12-25(33(3)27(36)24-14-21-22(29)10-7-11-23(21)32-24)28(37)34-16-18(13-20(34)15-30)26(35)31-19-8-5-4-6-9-19/h4-11,14,17-18,20,25,32H,12-13,16H2,1-3H3,(H,31,35). The predicted molar refractivity (Wildman–Crippen MR) is 138 cm³/mol. The van der Waals surface area contributed by atoms with Gasteiger partial charge in [0.15, 0.2) is 0 Å². The lowest BCUT2D eigenvalue weighted by atomic mass is 10.0. The van der Waals surface area contributed by atoms with Gasteiger partial charge in [0.05, 0.1) is 12.0 Å². The number of halogens is 1. The number of anilines is 1. The molecule has 1 aliphatic rings. The molecule has 0 radical (unpaired) electrons. The van der Waals surface area contributed by atoms with Crippen LogP contribution in [-0.4, -0.2) is 58.2 Å². The zero-order valence-corrected chi connectivity index (χ0v) is 21.1. The van der Waals surface area contributed by atoms with E-state index in [1.165, 1.54) is 29.0 Å². The molecular formula is C28H30FN5O3. The SMILES string of the molecule is CC(C)CC(C(=O)N1CC(C(=O)Nc2ccccc2)CC1C#N)N(C)C(=O)c1cc2c(F)cccc2[nH]1. The van der Waals surface area contributed by atoms with Crippen molar-refractivity contribution in [2.75, 3.05) is 18.9 Å². The number of hydrogen-bond donors (Lipinski definition) is 2. The van der Waals surface area contributed by atoms with Gasteiger partial charge in [-0.1, -0.05) is 38.1 Å². The molecule has 0 spiro atoms. The number of likely N-dealkylation sites (tertiary alicyclic amines) is 1. The minimum atomic E-state index is -0.851. The Labute approximate surface area is 215 Å². The Bertz CT molecular complexity index is 1350. The van der Waals surface area contributed by atoms with Crippen molar-refractivity contribution in [1.82, 2.24) is 14.8 Å². The van der Waals surface area contributed by atoms with Crippen LogP contribution in [0.2, 0.25) is 0 Å². The molecule has 4 rings (SSSR count). The summed E-state index contributed by atoms with van der Waals surface area (Å²) in [7, 11) is 1.53. The van der Waals surface area contributed by atoms with Crippen LogP contribution in [0.1, 0.15) is 37.2 Å². The number of benzene rings is 2. The van der Waals surface area contributed by atoms with Crippen LogP contribution in [0, 0.1) is 29.0 Å². The topological polar surface area (TPSA) is 109 Å². The van der Waals surface area contributed by atoms with E-state index in [0.29, 0.717) is 23.0 Å². The molecule has 1 aromatic heterocycles. The molecule has 9 heteroatoms. The van der Waals surface area contributed by atoms with Crippen LogP contribution < -0.4 is 5.32 Å². The van der Waals surface area contributed by atoms with E-state index in [9.17, 15) is 24.0 Å². The lowest BCUT2D eigenvalue weighted by Crippen LogP contribution is -2.51. The van der Waals surface area contributed by atoms with Crippen molar-refractivity contribution in [3.63, 3.8) is 0 Å². The van der Waals surface area contributed by atoms with Gasteiger partial charge in [-0.2, -0.15) is 5.26 Å². The van der Waals surface area contributed by atoms with Gasteiger partial charge in [-0.05, 0) is 49.1 Å². The number of likely N-dealkylation sites (N-methyl/N-ethyl adjacent to an activating group) is 1. The highest BCUT2D eigenvalue weighted by Crippen LogP contribution is 2.28. The maximum Gasteiger partial charge on any atom is 0.270 e. The third-order valence-electron chi connectivity index (χ3n) is 6.75. The van der Waals surface area contributed by atoms with Gasteiger partial charge < -0.3 is 20.1 Å². The fourth-order valence-electron chi connectivity index (χ4n) is 4.79. The number of amides is 3. The monoisotopic (exact) mass is 503 g/mol. The molecule has 1 fully saturated rings. The van der Waals surface area contributed by atoms with Crippen LogP contribution in [0.15, 0.2) is 54.6 Å². The van der Waals surface area contributed by atoms with Crippen molar-refractivity contribution in [1.29, 1.82) is 5.26 Å². The smallest absolute Gasteiger partial charge is 0.270 e. The van der Waals surface area contributed by atoms with Crippen LogP contribution >= 0.6 is 0 Å². The van der Waals surface area contributed by atoms with Crippen molar-refractivity contribution >= 4 is 34.3 Å². The Hall–Kier alpha value is -4.19. The molecular weight excluding hydrogens is 473 g/mol. The van der Waals surface area contributed by atoms with E-state index in [2.05, 4.69) is 16.4 Å². The van der Waals surface area contributed by atoms with Crippen molar-refractivity contribution in [3.8, 4) is 6.07 Å². The number of carbonyl (C=O) groups excluding carboxylic acids is 3. The van der Waals surface area contributed by atoms with Gasteiger partial charge in [-0.3, -0.25) is 14.4 Å². The normalized spacial score (nSPS) is 18.0. The van der Waals surface area contributed by atoms with E-state index in [1.807, 2.05) is 32.0 Å². The highest BCUT2D eigenvalue weighted by molar-refractivity contribution is 6.00. The number of rotatable bonds is 7. The van der Waals surface area contributed by atoms with Gasteiger partial charge in [-0.25, -0.2) is 4.39 Å². The second-order valence-corrected chi connectivity index (χ2v) is 9.87. The molecule has 37 heavy (non-hydrogen) atoms. The molecule has 2 aromatic carbocycles. The van der Waals surface area contributed by atoms with Gasteiger partial charge in [0.1, 0.15) is 23.6 Å². The number of aromatic amines is 1. The maximum atomic E-state index is 14.2. The number of hydrogen-bond acceptors (Lipinski definition) is 4. The second kappa shape index (κ2) is 10.8. The van der Waals surface area contributed by atoms with E-state index in [-0.39, 0.29) is 36.4 Å². The third-order valence-corrected chi connectivity index (χ3v) is 6.75. The summed E-state index contributed by atoms with van der Waals surface area (Å²) >= 11 is 0. The summed E-state index contributed by atoms with van der Waals surface area (Å²) < 4.78 is 14.2. The maximum absolute atomic E-state index is 14.2. The minimum absolute atomic E-state index is 0.0738. The summed E-state index contributed by atoms with van der Waals surface area (Å²) in [5.74, 6) is -2.02. The van der Waals surface area contributed by atoms with Crippen LogP contribution in [0.3, 0.4) is 0 Å². The Morgan fingerprint density at radius 2 is 1.92 bits per heavy atom. The molecule has 0 aliphatic carbocycles. The molecule has 1 aliphatic heterocycles. The first kappa shape index (κ1) is 25.9. The Morgan fingerprint density at radius 3 is 2.57 bits per heavy atom. The van der Waals surface area contributed by atoms with Crippen molar-refractivity contribution in [2.24, 2.45) is 11.8 Å². The predicted octanol–water partition coefficient (Wildman–Crippen LogP) is 4.17. The van der Waals surface area contributed by atoms with Crippen molar-refractivity contribution < 1.29 is 18.8 Å². The average molecular weight is 504 g/mol. The van der Waals surface area contributed by atoms with Gasteiger partial charge >= 0.3 is 0 Å². The number of nitrogens with one attached hydrogen (secondary N) is 2. The summed E-state index contributed by atoms with van der Waals surface area (Å²) in [5, 5.41) is 12.9. The van der Waals surface area contributed by atoms with E-state index in [0.717, 1.165) is 0 Å². The van der Waals surface area contributed by atoms with Crippen LogP contribution in [-0.2, 0) is 9.59 Å². The number of para-hydroxylation sites is 1. The van der Waals surface area contributed by atoms with Gasteiger partial charge in [0.25, 0.3) is 5.91 Å². The van der Waals surface area contributed by atoms with Crippen LogP contribution in [0.25, 0.3) is 10.9 Å². The molecule has 3 amide bonds. The van der Waals surface area contributed by atoms with Gasteiger partial charge in [0, 0.05) is 30.2 Å². The number of H-pyrrole nitrogens is 1. The van der Waals surface area contributed by atoms with Gasteiger partial charge in [0.2, 0.25) is 11.8 Å². The second-order valence-electron chi connectivity index (χ2n) is 9.87. The number of nitrogens with zero attached hydrogens (tertiary/aromatic N) is 3. The zero-order valence-electron chi connectivity index (χ0n) is 21.1. The molecule has 192 valence electrons. The third kappa shape index (κ3) is 5.48. The molecule has 2 heterocycles. The first-order valence-corrected chi connectivity index (χ1v) is 12.3. The van der Waals surface area contributed by atoms with E-state index < -0.39 is 29.7 Å². The minimum Gasteiger partial charge on any atom is -0.350 e. The quantitative estimate of drug-likeness (QED) is 0.504. The highest BCUT2D eigenvalue weighted by Gasteiger charge is 2.42. The number of nitriles is 1. The van der Waals surface area contributed by atoms with Crippen molar-refractivity contribution in [2.45, 2.75) is 38.8 Å². The zero-order chi connectivity index (χ0) is 26.7. The molecule has 8 nitrogen and oxygen atoms in total.